The van der Waals surface area contributed by atoms with Gasteiger partial charge in [0.05, 0.1) is 17.4 Å². The van der Waals surface area contributed by atoms with E-state index in [4.69, 9.17) is 4.74 Å². The van der Waals surface area contributed by atoms with Gasteiger partial charge in [0, 0.05) is 29.7 Å². The number of phenolic OH excluding ortho intramolecular Hbond substituents is 1. The average Bonchev–Trinajstić information content (AvgIpc) is 3.36. The number of hydrogen-bond acceptors (Lipinski definition) is 7. The fraction of sp³-hybridized carbons (Fsp3) is 0.300. The van der Waals surface area contributed by atoms with Crippen molar-refractivity contribution in [1.29, 1.82) is 0 Å². The Morgan fingerprint density at radius 3 is 2.76 bits per heavy atom. The molecule has 148 valence electrons. The minimum atomic E-state index is -1.16. The molecule has 2 bridgehead atoms. The van der Waals surface area contributed by atoms with Crippen LogP contribution in [0, 0.1) is 0 Å². The standard InChI is InChI=1S/C20H19FN6O2/c1-20-7-6-15(24-20)19(21)17(9-20)29-18-5-4-14(25-26-18)13-3-2-12(8-16(13)28)27-10-22-23-11-27/h2-8,10-11,15,17,19,24,28H,9H2,1H3/t15-,17+,19-,20+/m1/s1. The minimum Gasteiger partial charge on any atom is -0.507 e. The van der Waals surface area contributed by atoms with Crippen molar-refractivity contribution in [2.75, 3.05) is 0 Å². The number of benzene rings is 1. The normalized spacial score (nSPS) is 27.9. The highest BCUT2D eigenvalue weighted by Crippen LogP contribution is 2.34. The number of aromatic hydroxyl groups is 1. The van der Waals surface area contributed by atoms with Crippen molar-refractivity contribution in [2.24, 2.45) is 0 Å². The van der Waals surface area contributed by atoms with Gasteiger partial charge in [0.25, 0.3) is 0 Å². The average molecular weight is 394 g/mol. The molecule has 2 aromatic heterocycles. The molecular weight excluding hydrogens is 375 g/mol. The van der Waals surface area contributed by atoms with Crippen LogP contribution in [0.4, 0.5) is 4.39 Å². The monoisotopic (exact) mass is 394 g/mol. The Morgan fingerprint density at radius 1 is 1.21 bits per heavy atom. The molecule has 1 fully saturated rings. The first kappa shape index (κ1) is 17.7. The molecule has 0 amide bonds. The SMILES string of the molecule is C[C@@]12C=C[C@@H](N1)[C@@H](F)[C@@H](Oc1ccc(-c3ccc(-n4cnnc4)cc3O)nn1)C2. The molecule has 0 saturated carbocycles. The Morgan fingerprint density at radius 2 is 2.03 bits per heavy atom. The Balaban J connectivity index is 1.33. The Labute approximate surface area is 166 Å². The lowest BCUT2D eigenvalue weighted by Gasteiger charge is -2.38. The number of nitrogens with one attached hydrogen (secondary N) is 1. The van der Waals surface area contributed by atoms with Crippen molar-refractivity contribution in [2.45, 2.75) is 37.2 Å². The van der Waals surface area contributed by atoms with E-state index in [2.05, 4.69) is 25.7 Å². The number of fused-ring (bicyclic) bond motifs is 2. The van der Waals surface area contributed by atoms with Crippen molar-refractivity contribution in [3.8, 4) is 28.6 Å². The maximum absolute atomic E-state index is 14.6. The van der Waals surface area contributed by atoms with Crippen LogP contribution in [0.15, 0.2) is 55.1 Å². The van der Waals surface area contributed by atoms with E-state index in [0.29, 0.717) is 17.7 Å². The lowest BCUT2D eigenvalue weighted by Crippen LogP contribution is -2.57. The summed E-state index contributed by atoms with van der Waals surface area (Å²) in [4.78, 5) is 0. The van der Waals surface area contributed by atoms with Crippen molar-refractivity contribution in [3.63, 3.8) is 0 Å². The van der Waals surface area contributed by atoms with E-state index in [-0.39, 0.29) is 23.2 Å². The van der Waals surface area contributed by atoms with Gasteiger partial charge in [-0.2, -0.15) is 0 Å². The molecule has 1 aromatic carbocycles. The highest BCUT2D eigenvalue weighted by molar-refractivity contribution is 5.68. The summed E-state index contributed by atoms with van der Waals surface area (Å²) in [5, 5.41) is 29.3. The van der Waals surface area contributed by atoms with Crippen LogP contribution in [-0.2, 0) is 0 Å². The van der Waals surface area contributed by atoms with Gasteiger partial charge in [0.2, 0.25) is 5.88 Å². The molecule has 4 heterocycles. The van der Waals surface area contributed by atoms with Gasteiger partial charge < -0.3 is 9.84 Å². The quantitative estimate of drug-likeness (QED) is 0.655. The summed E-state index contributed by atoms with van der Waals surface area (Å²) < 4.78 is 22.1. The number of aromatic nitrogens is 5. The number of alkyl halides is 1. The predicted octanol–water partition coefficient (Wildman–Crippen LogP) is 2.21. The lowest BCUT2D eigenvalue weighted by molar-refractivity contribution is 0.0295. The van der Waals surface area contributed by atoms with Gasteiger partial charge in [0.15, 0.2) is 6.17 Å². The number of piperidine rings is 1. The summed E-state index contributed by atoms with van der Waals surface area (Å²) in [5.74, 6) is 0.309. The summed E-state index contributed by atoms with van der Waals surface area (Å²) in [7, 11) is 0. The van der Waals surface area contributed by atoms with E-state index in [1.807, 2.05) is 25.1 Å². The second kappa shape index (κ2) is 6.63. The summed E-state index contributed by atoms with van der Waals surface area (Å²) in [6.07, 6.45) is 5.69. The highest BCUT2D eigenvalue weighted by Gasteiger charge is 2.46. The molecule has 0 unspecified atom stereocenters. The third-order valence-electron chi connectivity index (χ3n) is 5.38. The zero-order chi connectivity index (χ0) is 20.0. The fourth-order valence-corrected chi connectivity index (χ4v) is 3.89. The molecular formula is C20H19FN6O2. The first-order chi connectivity index (χ1) is 14.0. The number of rotatable bonds is 4. The van der Waals surface area contributed by atoms with Crippen molar-refractivity contribution in [3.05, 3.63) is 55.1 Å². The molecule has 0 aliphatic carbocycles. The summed E-state index contributed by atoms with van der Waals surface area (Å²) in [6.45, 7) is 2.02. The van der Waals surface area contributed by atoms with E-state index in [1.54, 1.807) is 41.5 Å². The molecule has 29 heavy (non-hydrogen) atoms. The predicted molar refractivity (Wildman–Crippen MR) is 102 cm³/mol. The van der Waals surface area contributed by atoms with Crippen LogP contribution in [0.2, 0.25) is 0 Å². The third-order valence-corrected chi connectivity index (χ3v) is 5.38. The largest absolute Gasteiger partial charge is 0.507 e. The first-order valence-corrected chi connectivity index (χ1v) is 9.31. The molecule has 1 saturated heterocycles. The van der Waals surface area contributed by atoms with Gasteiger partial charge in [-0.1, -0.05) is 12.2 Å². The second-order valence-electron chi connectivity index (χ2n) is 7.58. The van der Waals surface area contributed by atoms with E-state index in [1.165, 1.54) is 0 Å². The zero-order valence-electron chi connectivity index (χ0n) is 15.6. The molecule has 8 nitrogen and oxygen atoms in total. The molecule has 2 aliphatic heterocycles. The van der Waals surface area contributed by atoms with Crippen LogP contribution in [0.25, 0.3) is 16.9 Å². The van der Waals surface area contributed by atoms with Gasteiger partial charge >= 0.3 is 0 Å². The molecule has 2 N–H and O–H groups in total. The van der Waals surface area contributed by atoms with Gasteiger partial charge in [-0.15, -0.1) is 20.4 Å². The van der Waals surface area contributed by atoms with Gasteiger partial charge in [-0.05, 0) is 25.1 Å². The maximum Gasteiger partial charge on any atom is 0.233 e. The zero-order valence-corrected chi connectivity index (χ0v) is 15.6. The highest BCUT2D eigenvalue weighted by atomic mass is 19.1. The van der Waals surface area contributed by atoms with Gasteiger partial charge in [-0.25, -0.2) is 4.39 Å². The van der Waals surface area contributed by atoms with Crippen LogP contribution < -0.4 is 10.1 Å². The second-order valence-corrected chi connectivity index (χ2v) is 7.58. The number of ether oxygens (including phenoxy) is 1. The Bertz CT molecular complexity index is 1060. The Hall–Kier alpha value is -3.33. The van der Waals surface area contributed by atoms with Crippen LogP contribution in [0.1, 0.15) is 13.3 Å². The van der Waals surface area contributed by atoms with Crippen molar-refractivity contribution >= 4 is 0 Å². The van der Waals surface area contributed by atoms with E-state index >= 15 is 0 Å². The number of nitrogens with zero attached hydrogens (tertiary/aromatic N) is 5. The lowest BCUT2D eigenvalue weighted by atomic mass is 9.90. The summed E-state index contributed by atoms with van der Waals surface area (Å²) >= 11 is 0. The first-order valence-electron chi connectivity index (χ1n) is 9.31. The number of hydrogen-bond donors (Lipinski definition) is 2. The van der Waals surface area contributed by atoms with E-state index in [9.17, 15) is 9.50 Å². The third kappa shape index (κ3) is 3.23. The number of halogens is 1. The fourth-order valence-electron chi connectivity index (χ4n) is 3.89. The Kier molecular flexibility index (Phi) is 4.06. The summed E-state index contributed by atoms with van der Waals surface area (Å²) in [6, 6.07) is 8.14. The molecule has 9 heteroatoms. The van der Waals surface area contributed by atoms with Crippen molar-refractivity contribution in [1.82, 2.24) is 30.3 Å². The topological polar surface area (TPSA) is 98.0 Å². The molecule has 0 spiro atoms. The van der Waals surface area contributed by atoms with Crippen LogP contribution in [-0.4, -0.2) is 53.9 Å². The molecule has 5 rings (SSSR count). The minimum absolute atomic E-state index is 0.0527. The molecule has 3 aromatic rings. The van der Waals surface area contributed by atoms with Crippen LogP contribution in [0.5, 0.6) is 11.6 Å². The van der Waals surface area contributed by atoms with Gasteiger partial charge in [0.1, 0.15) is 24.5 Å². The van der Waals surface area contributed by atoms with E-state index in [0.717, 1.165) is 5.69 Å². The van der Waals surface area contributed by atoms with Crippen LogP contribution in [0.3, 0.4) is 0 Å². The maximum atomic E-state index is 14.6. The molecule has 4 atom stereocenters. The van der Waals surface area contributed by atoms with Gasteiger partial charge in [-0.3, -0.25) is 9.88 Å². The molecule has 2 aliphatic rings. The van der Waals surface area contributed by atoms with Crippen LogP contribution >= 0.6 is 0 Å². The smallest absolute Gasteiger partial charge is 0.233 e. The molecule has 0 radical (unpaired) electrons. The number of phenols is 1. The van der Waals surface area contributed by atoms with Crippen molar-refractivity contribution < 1.29 is 14.2 Å². The summed E-state index contributed by atoms with van der Waals surface area (Å²) in [5.41, 5.74) is 1.48. The van der Waals surface area contributed by atoms with E-state index < -0.39 is 12.3 Å².